The lowest BCUT2D eigenvalue weighted by molar-refractivity contribution is 0.0467. The van der Waals surface area contributed by atoms with Gasteiger partial charge in [-0.05, 0) is 30.7 Å². The molecule has 0 heterocycles. The van der Waals surface area contributed by atoms with Crippen molar-refractivity contribution in [2.24, 2.45) is 5.14 Å². The van der Waals surface area contributed by atoms with E-state index >= 15 is 0 Å². The second kappa shape index (κ2) is 6.25. The Kier molecular flexibility index (Phi) is 4.58. The Balaban J connectivity index is 2.19. The lowest BCUT2D eigenvalue weighted by Gasteiger charge is -2.07. The molecule has 0 aliphatic carbocycles. The largest absolute Gasteiger partial charge is 0.457 e. The minimum absolute atomic E-state index is 0.0421. The number of hydrogen-bond donors (Lipinski definition) is 1. The van der Waals surface area contributed by atoms with E-state index in [1.807, 2.05) is 19.1 Å². The molecule has 0 amide bonds. The molecular weight excluding hydrogens is 309 g/mol. The molecule has 2 N–H and O–H groups in total. The molecule has 0 fully saturated rings. The van der Waals surface area contributed by atoms with E-state index in [-0.39, 0.29) is 11.5 Å². The summed E-state index contributed by atoms with van der Waals surface area (Å²) in [6.07, 6.45) is 0. The van der Waals surface area contributed by atoms with E-state index in [9.17, 15) is 17.6 Å². The van der Waals surface area contributed by atoms with E-state index in [1.54, 1.807) is 12.1 Å². The molecule has 116 valence electrons. The van der Waals surface area contributed by atoms with Gasteiger partial charge in [0.05, 0.1) is 10.5 Å². The minimum Gasteiger partial charge on any atom is -0.457 e. The molecule has 2 aromatic carbocycles. The average molecular weight is 323 g/mol. The van der Waals surface area contributed by atoms with Crippen LogP contribution in [0.3, 0.4) is 0 Å². The molecule has 0 spiro atoms. The zero-order chi connectivity index (χ0) is 16.3. The number of ether oxygens (including phenoxy) is 1. The Morgan fingerprint density at radius 1 is 1.23 bits per heavy atom. The first-order valence-electron chi connectivity index (χ1n) is 6.32. The van der Waals surface area contributed by atoms with Crippen molar-refractivity contribution in [3.05, 3.63) is 65.0 Å². The predicted molar refractivity (Wildman–Crippen MR) is 78.1 cm³/mol. The molecule has 0 aromatic heterocycles. The lowest BCUT2D eigenvalue weighted by Crippen LogP contribution is -2.14. The number of nitrogens with two attached hydrogens (primary N) is 1. The highest BCUT2D eigenvalue weighted by Crippen LogP contribution is 2.16. The number of carbonyl (C=O) groups is 1. The number of carbonyl (C=O) groups excluding carboxylic acids is 1. The van der Waals surface area contributed by atoms with Crippen LogP contribution >= 0.6 is 0 Å². The molecule has 0 bridgehead atoms. The van der Waals surface area contributed by atoms with Crippen LogP contribution in [-0.4, -0.2) is 14.4 Å². The van der Waals surface area contributed by atoms with E-state index in [0.717, 1.165) is 29.3 Å². The van der Waals surface area contributed by atoms with E-state index in [1.165, 1.54) is 0 Å². The number of aryl methyl sites for hydroxylation is 1. The number of sulfonamides is 1. The van der Waals surface area contributed by atoms with Crippen LogP contribution in [0.2, 0.25) is 0 Å². The topological polar surface area (TPSA) is 86.5 Å². The zero-order valence-electron chi connectivity index (χ0n) is 11.7. The molecule has 0 saturated heterocycles. The van der Waals surface area contributed by atoms with Crippen LogP contribution in [0.4, 0.5) is 4.39 Å². The van der Waals surface area contributed by atoms with Gasteiger partial charge in [-0.2, -0.15) is 0 Å². The molecule has 0 atom stereocenters. The molecule has 7 heteroatoms. The van der Waals surface area contributed by atoms with Crippen LogP contribution in [0.25, 0.3) is 0 Å². The number of rotatable bonds is 4. The molecule has 22 heavy (non-hydrogen) atoms. The van der Waals surface area contributed by atoms with Gasteiger partial charge >= 0.3 is 5.97 Å². The van der Waals surface area contributed by atoms with Gasteiger partial charge in [0.25, 0.3) is 0 Å². The molecule has 0 unspecified atom stereocenters. The minimum atomic E-state index is -4.02. The van der Waals surface area contributed by atoms with Crippen LogP contribution in [0, 0.1) is 12.7 Å². The number of benzene rings is 2. The first kappa shape index (κ1) is 16.1. The summed E-state index contributed by atoms with van der Waals surface area (Å²) in [6, 6.07) is 10.00. The summed E-state index contributed by atoms with van der Waals surface area (Å²) in [4.78, 5) is 11.6. The average Bonchev–Trinajstić information content (AvgIpc) is 2.44. The zero-order valence-corrected chi connectivity index (χ0v) is 12.6. The lowest BCUT2D eigenvalue weighted by atomic mass is 10.1. The first-order valence-corrected chi connectivity index (χ1v) is 7.87. The summed E-state index contributed by atoms with van der Waals surface area (Å²) in [5.74, 6) is -1.83. The number of hydrogen-bond acceptors (Lipinski definition) is 4. The maximum Gasteiger partial charge on any atom is 0.341 e. The maximum absolute atomic E-state index is 13.7. The van der Waals surface area contributed by atoms with Crippen LogP contribution < -0.4 is 5.14 Å². The van der Waals surface area contributed by atoms with Crippen molar-refractivity contribution in [1.82, 2.24) is 0 Å². The second-order valence-electron chi connectivity index (χ2n) is 4.75. The Bertz CT molecular complexity index is 818. The van der Waals surface area contributed by atoms with Crippen LogP contribution in [-0.2, 0) is 21.4 Å². The number of halogens is 1. The summed E-state index contributed by atoms with van der Waals surface area (Å²) >= 11 is 0. The fourth-order valence-electron chi connectivity index (χ4n) is 1.87. The fourth-order valence-corrected chi connectivity index (χ4v) is 2.41. The Morgan fingerprint density at radius 2 is 1.95 bits per heavy atom. The highest BCUT2D eigenvalue weighted by molar-refractivity contribution is 7.89. The van der Waals surface area contributed by atoms with Gasteiger partial charge in [0, 0.05) is 0 Å². The quantitative estimate of drug-likeness (QED) is 0.873. The Morgan fingerprint density at radius 3 is 2.59 bits per heavy atom. The van der Waals surface area contributed by atoms with Crippen LogP contribution in [0.5, 0.6) is 0 Å². The molecule has 2 rings (SSSR count). The molecule has 0 aliphatic rings. The van der Waals surface area contributed by atoms with Crippen molar-refractivity contribution < 1.29 is 22.3 Å². The highest BCUT2D eigenvalue weighted by Gasteiger charge is 2.18. The Hall–Kier alpha value is -2.25. The van der Waals surface area contributed by atoms with Crippen molar-refractivity contribution in [2.45, 2.75) is 18.4 Å². The van der Waals surface area contributed by atoms with Gasteiger partial charge in [0.1, 0.15) is 12.4 Å². The molecule has 2 aromatic rings. The number of primary sulfonamides is 1. The molecule has 0 aliphatic heterocycles. The van der Waals surface area contributed by atoms with Gasteiger partial charge in [0.2, 0.25) is 10.0 Å². The number of esters is 1. The fraction of sp³-hybridized carbons (Fsp3) is 0.133. The van der Waals surface area contributed by atoms with E-state index < -0.39 is 27.4 Å². The second-order valence-corrected chi connectivity index (χ2v) is 6.31. The predicted octanol–water partition coefficient (Wildman–Crippen LogP) is 2.14. The van der Waals surface area contributed by atoms with Crippen molar-refractivity contribution in [2.75, 3.05) is 0 Å². The van der Waals surface area contributed by atoms with Crippen molar-refractivity contribution in [3.8, 4) is 0 Å². The van der Waals surface area contributed by atoms with Gasteiger partial charge in [-0.3, -0.25) is 0 Å². The van der Waals surface area contributed by atoms with Crippen LogP contribution in [0.15, 0.2) is 47.4 Å². The summed E-state index contributed by atoms with van der Waals surface area (Å²) in [7, 11) is -4.02. The van der Waals surface area contributed by atoms with E-state index in [2.05, 4.69) is 0 Å². The van der Waals surface area contributed by atoms with E-state index in [0.29, 0.717) is 0 Å². The molecular formula is C15H14FNO4S. The first-order chi connectivity index (χ1) is 10.3. The summed E-state index contributed by atoms with van der Waals surface area (Å²) in [5, 5.41) is 4.96. The van der Waals surface area contributed by atoms with Crippen molar-refractivity contribution in [1.29, 1.82) is 0 Å². The molecule has 0 saturated carbocycles. The summed E-state index contributed by atoms with van der Waals surface area (Å²) < 4.78 is 41.1. The van der Waals surface area contributed by atoms with E-state index in [4.69, 9.17) is 9.88 Å². The van der Waals surface area contributed by atoms with Crippen molar-refractivity contribution in [3.63, 3.8) is 0 Å². The van der Waals surface area contributed by atoms with Crippen LogP contribution in [0.1, 0.15) is 21.5 Å². The molecule has 5 nitrogen and oxygen atoms in total. The summed E-state index contributed by atoms with van der Waals surface area (Å²) in [5.41, 5.74) is 1.27. The van der Waals surface area contributed by atoms with Gasteiger partial charge in [0.15, 0.2) is 0 Å². The third-order valence-electron chi connectivity index (χ3n) is 2.94. The highest BCUT2D eigenvalue weighted by atomic mass is 32.2. The maximum atomic E-state index is 13.7. The standard InChI is InChI=1S/C15H14FNO4S/c1-10-3-2-4-11(7-10)9-21-15(18)13-8-12(22(17,19)20)5-6-14(13)16/h2-8H,9H2,1H3,(H2,17,19,20). The smallest absolute Gasteiger partial charge is 0.341 e. The SMILES string of the molecule is Cc1cccc(COC(=O)c2cc(S(N)(=O)=O)ccc2F)c1. The summed E-state index contributed by atoms with van der Waals surface area (Å²) in [6.45, 7) is 1.85. The third kappa shape index (κ3) is 3.90. The third-order valence-corrected chi connectivity index (χ3v) is 3.85. The van der Waals surface area contributed by atoms with Gasteiger partial charge in [-0.15, -0.1) is 0 Å². The van der Waals surface area contributed by atoms with Gasteiger partial charge < -0.3 is 4.74 Å². The molecule has 0 radical (unpaired) electrons. The normalized spacial score (nSPS) is 11.2. The van der Waals surface area contributed by atoms with Gasteiger partial charge in [-0.1, -0.05) is 29.8 Å². The van der Waals surface area contributed by atoms with Gasteiger partial charge in [-0.25, -0.2) is 22.7 Å². The Labute approximate surface area is 127 Å². The monoisotopic (exact) mass is 323 g/mol. The van der Waals surface area contributed by atoms with Crippen molar-refractivity contribution >= 4 is 16.0 Å².